The summed E-state index contributed by atoms with van der Waals surface area (Å²) < 4.78 is 10.5. The lowest BCUT2D eigenvalue weighted by Gasteiger charge is -2.14. The van der Waals surface area contributed by atoms with Crippen LogP contribution in [0.4, 0.5) is 5.69 Å². The number of hydrogen-bond acceptors (Lipinski definition) is 4. The third-order valence-corrected chi connectivity index (χ3v) is 4.33. The highest BCUT2D eigenvalue weighted by Crippen LogP contribution is 2.22. The molecule has 0 saturated carbocycles. The number of benzene rings is 2. The number of aryl methyl sites for hydroxylation is 3. The Morgan fingerprint density at radius 3 is 2.04 bits per heavy atom. The Kier molecular flexibility index (Phi) is 7.86. The molecule has 0 aromatic heterocycles. The van der Waals surface area contributed by atoms with E-state index in [0.29, 0.717) is 5.75 Å². The summed E-state index contributed by atoms with van der Waals surface area (Å²) in [5, 5.41) is 2.87. The third kappa shape index (κ3) is 5.84. The van der Waals surface area contributed by atoms with Gasteiger partial charge in [0.2, 0.25) is 0 Å². The van der Waals surface area contributed by atoms with Crippen molar-refractivity contribution in [1.29, 1.82) is 0 Å². The fourth-order valence-corrected chi connectivity index (χ4v) is 2.84. The van der Waals surface area contributed by atoms with Crippen molar-refractivity contribution in [2.75, 3.05) is 18.5 Å². The Bertz CT molecular complexity index is 763. The Morgan fingerprint density at radius 1 is 0.815 bits per heavy atom. The highest BCUT2D eigenvalue weighted by molar-refractivity contribution is 5.94. The number of nitrogens with one attached hydrogen (secondary N) is 1. The van der Waals surface area contributed by atoms with Crippen molar-refractivity contribution >= 4 is 17.6 Å². The van der Waals surface area contributed by atoms with Crippen LogP contribution < -0.4 is 10.1 Å². The first kappa shape index (κ1) is 20.5. The molecule has 0 unspecified atom stereocenters. The fourth-order valence-electron chi connectivity index (χ4n) is 2.84. The zero-order chi connectivity index (χ0) is 19.6. The van der Waals surface area contributed by atoms with E-state index in [1.807, 2.05) is 63.2 Å². The van der Waals surface area contributed by atoms with Gasteiger partial charge in [-0.05, 0) is 42.0 Å². The molecule has 1 amide bonds. The molecular weight excluding hydrogens is 342 g/mol. The molecule has 0 heterocycles. The molecular formula is C22H27NO4. The van der Waals surface area contributed by atoms with E-state index in [-0.39, 0.29) is 19.1 Å². The van der Waals surface area contributed by atoms with Crippen LogP contribution in [0.25, 0.3) is 0 Å². The number of para-hydroxylation sites is 2. The Balaban J connectivity index is 1.86. The van der Waals surface area contributed by atoms with E-state index >= 15 is 0 Å². The predicted molar refractivity (Wildman–Crippen MR) is 106 cm³/mol. The van der Waals surface area contributed by atoms with Crippen molar-refractivity contribution in [3.63, 3.8) is 0 Å². The van der Waals surface area contributed by atoms with Gasteiger partial charge in [0, 0.05) is 5.69 Å². The van der Waals surface area contributed by atoms with Crippen LogP contribution in [0.1, 0.15) is 37.5 Å². The van der Waals surface area contributed by atoms with E-state index in [9.17, 15) is 9.59 Å². The minimum atomic E-state index is -0.574. The quantitative estimate of drug-likeness (QED) is 0.680. The summed E-state index contributed by atoms with van der Waals surface area (Å²) in [6, 6.07) is 13.5. The number of carbonyl (C=O) groups is 2. The smallest absolute Gasteiger partial charge is 0.344 e. The summed E-state index contributed by atoms with van der Waals surface area (Å²) in [6.45, 7) is 5.53. The maximum Gasteiger partial charge on any atom is 0.344 e. The fraction of sp³-hybridized carbons (Fsp3) is 0.364. The number of hydrogen-bond donors (Lipinski definition) is 1. The molecule has 2 rings (SSSR count). The van der Waals surface area contributed by atoms with Crippen LogP contribution in [0.3, 0.4) is 0 Å². The van der Waals surface area contributed by atoms with Crippen LogP contribution in [0.2, 0.25) is 0 Å². The first-order valence-electron chi connectivity index (χ1n) is 9.35. The summed E-state index contributed by atoms with van der Waals surface area (Å²) in [6.07, 6.45) is 2.44. The molecule has 0 atom stereocenters. The normalized spacial score (nSPS) is 10.3. The lowest BCUT2D eigenvalue weighted by molar-refractivity contribution is -0.149. The van der Waals surface area contributed by atoms with E-state index in [4.69, 9.17) is 9.47 Å². The molecule has 27 heavy (non-hydrogen) atoms. The van der Waals surface area contributed by atoms with Gasteiger partial charge in [0.05, 0.1) is 0 Å². The van der Waals surface area contributed by atoms with Gasteiger partial charge in [-0.2, -0.15) is 0 Å². The van der Waals surface area contributed by atoms with Crippen molar-refractivity contribution in [2.24, 2.45) is 0 Å². The third-order valence-electron chi connectivity index (χ3n) is 4.33. The molecule has 0 aliphatic carbocycles. The van der Waals surface area contributed by atoms with Gasteiger partial charge in [-0.1, -0.05) is 57.2 Å². The lowest BCUT2D eigenvalue weighted by Crippen LogP contribution is -2.24. The molecule has 5 nitrogen and oxygen atoms in total. The van der Waals surface area contributed by atoms with Gasteiger partial charge < -0.3 is 14.8 Å². The van der Waals surface area contributed by atoms with Gasteiger partial charge in [-0.3, -0.25) is 4.79 Å². The SMILES string of the molecule is CCc1ccccc1OCC(=O)OCC(=O)Nc1c(CC)cccc1CC. The molecule has 0 fully saturated rings. The Labute approximate surface area is 160 Å². The van der Waals surface area contributed by atoms with E-state index in [1.54, 1.807) is 0 Å². The van der Waals surface area contributed by atoms with Gasteiger partial charge in [0.15, 0.2) is 13.2 Å². The summed E-state index contributed by atoms with van der Waals surface area (Å²) >= 11 is 0. The summed E-state index contributed by atoms with van der Waals surface area (Å²) in [7, 11) is 0. The standard InChI is InChI=1S/C22H27NO4/c1-4-16-10-7-8-13-19(16)26-15-21(25)27-14-20(24)23-22-17(5-2)11-9-12-18(22)6-3/h7-13H,4-6,14-15H2,1-3H3,(H,23,24). The molecule has 5 heteroatoms. The molecule has 0 spiro atoms. The van der Waals surface area contributed by atoms with Crippen LogP contribution in [0.15, 0.2) is 42.5 Å². The van der Waals surface area contributed by atoms with E-state index in [2.05, 4.69) is 5.32 Å². The van der Waals surface area contributed by atoms with Gasteiger partial charge >= 0.3 is 5.97 Å². The monoisotopic (exact) mass is 369 g/mol. The summed E-state index contributed by atoms with van der Waals surface area (Å²) in [5.41, 5.74) is 3.96. The topological polar surface area (TPSA) is 64.6 Å². The molecule has 0 saturated heterocycles. The van der Waals surface area contributed by atoms with E-state index in [0.717, 1.165) is 41.6 Å². The van der Waals surface area contributed by atoms with Crippen molar-refractivity contribution in [2.45, 2.75) is 40.0 Å². The van der Waals surface area contributed by atoms with Crippen molar-refractivity contribution < 1.29 is 19.1 Å². The first-order valence-corrected chi connectivity index (χ1v) is 9.35. The molecule has 1 N–H and O–H groups in total. The highest BCUT2D eigenvalue weighted by atomic mass is 16.6. The number of rotatable bonds is 9. The average Bonchev–Trinajstić information content (AvgIpc) is 2.70. The predicted octanol–water partition coefficient (Wildman–Crippen LogP) is 3.93. The number of anilines is 1. The van der Waals surface area contributed by atoms with Gasteiger partial charge in [0.1, 0.15) is 5.75 Å². The molecule has 144 valence electrons. The second-order valence-corrected chi connectivity index (χ2v) is 6.12. The summed E-state index contributed by atoms with van der Waals surface area (Å²) in [4.78, 5) is 24.1. The first-order chi connectivity index (χ1) is 13.1. The van der Waals surface area contributed by atoms with Crippen molar-refractivity contribution in [1.82, 2.24) is 0 Å². The molecule has 2 aromatic rings. The highest BCUT2D eigenvalue weighted by Gasteiger charge is 2.13. The maximum absolute atomic E-state index is 12.2. The zero-order valence-corrected chi connectivity index (χ0v) is 16.2. The second kappa shape index (κ2) is 10.4. The number of ether oxygens (including phenoxy) is 2. The molecule has 0 radical (unpaired) electrons. The van der Waals surface area contributed by atoms with Crippen molar-refractivity contribution in [3.05, 3.63) is 59.2 Å². The zero-order valence-electron chi connectivity index (χ0n) is 16.2. The van der Waals surface area contributed by atoms with Crippen LogP contribution >= 0.6 is 0 Å². The number of amides is 1. The largest absolute Gasteiger partial charge is 0.482 e. The number of esters is 1. The van der Waals surface area contributed by atoms with Crippen LogP contribution in [0.5, 0.6) is 5.75 Å². The molecule has 0 aliphatic heterocycles. The average molecular weight is 369 g/mol. The minimum Gasteiger partial charge on any atom is -0.482 e. The van der Waals surface area contributed by atoms with Gasteiger partial charge in [0.25, 0.3) is 5.91 Å². The number of carbonyl (C=O) groups excluding carboxylic acids is 2. The minimum absolute atomic E-state index is 0.226. The molecule has 2 aromatic carbocycles. The second-order valence-electron chi connectivity index (χ2n) is 6.12. The Hall–Kier alpha value is -2.82. The maximum atomic E-state index is 12.2. The van der Waals surface area contributed by atoms with Crippen LogP contribution in [-0.4, -0.2) is 25.1 Å². The summed E-state index contributed by atoms with van der Waals surface area (Å²) in [5.74, 6) is -0.269. The van der Waals surface area contributed by atoms with Crippen molar-refractivity contribution in [3.8, 4) is 5.75 Å². The Morgan fingerprint density at radius 2 is 1.41 bits per heavy atom. The van der Waals surface area contributed by atoms with Gasteiger partial charge in [-0.25, -0.2) is 4.79 Å². The van der Waals surface area contributed by atoms with Crippen LogP contribution in [-0.2, 0) is 33.6 Å². The molecule has 0 aliphatic rings. The van der Waals surface area contributed by atoms with Gasteiger partial charge in [-0.15, -0.1) is 0 Å². The molecule has 0 bridgehead atoms. The van der Waals surface area contributed by atoms with E-state index < -0.39 is 5.97 Å². The lowest BCUT2D eigenvalue weighted by atomic mass is 10.0. The van der Waals surface area contributed by atoms with E-state index in [1.165, 1.54) is 0 Å². The van der Waals surface area contributed by atoms with Crippen LogP contribution in [0, 0.1) is 0 Å².